The zero-order chi connectivity index (χ0) is 19.9. The molecule has 0 atom stereocenters. The summed E-state index contributed by atoms with van der Waals surface area (Å²) < 4.78 is 16.0. The maximum atomic E-state index is 14.4. The van der Waals surface area contributed by atoms with Gasteiger partial charge in [0.15, 0.2) is 5.96 Å². The minimum absolute atomic E-state index is 0. The predicted octanol–water partition coefficient (Wildman–Crippen LogP) is 2.55. The lowest BCUT2D eigenvalue weighted by Crippen LogP contribution is -2.45. The molecule has 0 aliphatic carbocycles. The monoisotopic (exact) mass is 514 g/mol. The van der Waals surface area contributed by atoms with Crippen LogP contribution in [0.5, 0.6) is 0 Å². The number of aliphatic imine (C=N–C) groups is 1. The van der Waals surface area contributed by atoms with Crippen molar-refractivity contribution in [2.24, 2.45) is 10.9 Å². The van der Waals surface area contributed by atoms with E-state index in [0.29, 0.717) is 24.6 Å². The molecule has 1 fully saturated rings. The number of rotatable bonds is 5. The van der Waals surface area contributed by atoms with Crippen LogP contribution in [-0.2, 0) is 11.3 Å². The van der Waals surface area contributed by atoms with Crippen molar-refractivity contribution < 1.29 is 9.18 Å². The Morgan fingerprint density at radius 2 is 2.10 bits per heavy atom. The van der Waals surface area contributed by atoms with E-state index in [0.717, 1.165) is 37.5 Å². The number of guanidine groups is 1. The van der Waals surface area contributed by atoms with Crippen LogP contribution in [0.4, 0.5) is 4.39 Å². The first-order chi connectivity index (χ1) is 13.6. The first-order valence-electron chi connectivity index (χ1n) is 9.53. The van der Waals surface area contributed by atoms with Gasteiger partial charge >= 0.3 is 0 Å². The van der Waals surface area contributed by atoms with Gasteiger partial charge in [0.2, 0.25) is 5.91 Å². The van der Waals surface area contributed by atoms with Crippen molar-refractivity contribution in [1.29, 1.82) is 0 Å². The van der Waals surface area contributed by atoms with Crippen LogP contribution in [0.1, 0.15) is 24.8 Å². The SMILES string of the molecule is CN=C(NCc1ccc(-n2ccnc2)c(F)c1)N1CCC(CC(=O)NC)CC1.I. The van der Waals surface area contributed by atoms with E-state index in [1.807, 2.05) is 6.07 Å². The molecule has 7 nitrogen and oxygen atoms in total. The second-order valence-corrected chi connectivity index (χ2v) is 6.96. The highest BCUT2D eigenvalue weighted by Gasteiger charge is 2.23. The molecule has 1 saturated heterocycles. The van der Waals surface area contributed by atoms with Crippen molar-refractivity contribution in [3.63, 3.8) is 0 Å². The van der Waals surface area contributed by atoms with Gasteiger partial charge in [-0.1, -0.05) is 6.07 Å². The lowest BCUT2D eigenvalue weighted by Gasteiger charge is -2.34. The number of hydrogen-bond donors (Lipinski definition) is 2. The van der Waals surface area contributed by atoms with Gasteiger partial charge < -0.3 is 20.1 Å². The zero-order valence-electron chi connectivity index (χ0n) is 16.8. The Morgan fingerprint density at radius 3 is 2.69 bits per heavy atom. The molecule has 1 amide bonds. The Kier molecular flexibility index (Phi) is 8.87. The van der Waals surface area contributed by atoms with E-state index in [4.69, 9.17) is 0 Å². The van der Waals surface area contributed by atoms with Gasteiger partial charge in [0.1, 0.15) is 5.82 Å². The van der Waals surface area contributed by atoms with E-state index in [9.17, 15) is 9.18 Å². The number of likely N-dealkylation sites (tertiary alicyclic amines) is 1. The molecular formula is C20H28FIN6O. The number of imidazole rings is 1. The molecule has 2 N–H and O–H groups in total. The summed E-state index contributed by atoms with van der Waals surface area (Å²) in [5.41, 5.74) is 1.32. The first-order valence-corrected chi connectivity index (χ1v) is 9.53. The highest BCUT2D eigenvalue weighted by molar-refractivity contribution is 14.0. The molecule has 1 aromatic heterocycles. The van der Waals surface area contributed by atoms with Gasteiger partial charge in [-0.3, -0.25) is 9.79 Å². The predicted molar refractivity (Wildman–Crippen MR) is 122 cm³/mol. The van der Waals surface area contributed by atoms with Gasteiger partial charge in [0.05, 0.1) is 12.0 Å². The molecule has 0 saturated carbocycles. The van der Waals surface area contributed by atoms with Crippen LogP contribution < -0.4 is 10.6 Å². The molecular weight excluding hydrogens is 486 g/mol. The van der Waals surface area contributed by atoms with Gasteiger partial charge in [-0.25, -0.2) is 9.37 Å². The minimum Gasteiger partial charge on any atom is -0.359 e. The van der Waals surface area contributed by atoms with Crippen molar-refractivity contribution >= 4 is 35.8 Å². The number of aromatic nitrogens is 2. The van der Waals surface area contributed by atoms with Crippen LogP contribution in [0.25, 0.3) is 5.69 Å². The van der Waals surface area contributed by atoms with Gasteiger partial charge in [0, 0.05) is 52.5 Å². The molecule has 0 bridgehead atoms. The molecule has 2 heterocycles. The number of piperidine rings is 1. The lowest BCUT2D eigenvalue weighted by atomic mass is 9.93. The second kappa shape index (κ2) is 11.1. The van der Waals surface area contributed by atoms with E-state index in [2.05, 4.69) is 25.5 Å². The molecule has 9 heteroatoms. The lowest BCUT2D eigenvalue weighted by molar-refractivity contribution is -0.121. The van der Waals surface area contributed by atoms with E-state index in [-0.39, 0.29) is 35.7 Å². The quantitative estimate of drug-likeness (QED) is 0.366. The van der Waals surface area contributed by atoms with Crippen molar-refractivity contribution in [2.45, 2.75) is 25.8 Å². The largest absolute Gasteiger partial charge is 0.359 e. The van der Waals surface area contributed by atoms with Crippen LogP contribution in [0.2, 0.25) is 0 Å². The van der Waals surface area contributed by atoms with Crippen molar-refractivity contribution in [1.82, 2.24) is 25.1 Å². The van der Waals surface area contributed by atoms with E-state index < -0.39 is 0 Å². The average molecular weight is 514 g/mol. The molecule has 1 aromatic carbocycles. The third-order valence-electron chi connectivity index (χ3n) is 5.12. The summed E-state index contributed by atoms with van der Waals surface area (Å²) in [7, 11) is 3.43. The van der Waals surface area contributed by atoms with E-state index in [1.54, 1.807) is 43.4 Å². The number of hydrogen-bond acceptors (Lipinski definition) is 3. The maximum absolute atomic E-state index is 14.4. The third-order valence-corrected chi connectivity index (χ3v) is 5.12. The standard InChI is InChI=1S/C20H27FN6O.HI/c1-22-19(28)12-15-5-8-26(9-6-15)20(23-2)25-13-16-3-4-18(17(21)11-16)27-10-7-24-14-27;/h3-4,7,10-11,14-15H,5-6,8-9,12-13H2,1-2H3,(H,22,28)(H,23,25);1H. The highest BCUT2D eigenvalue weighted by Crippen LogP contribution is 2.20. The average Bonchev–Trinajstić information content (AvgIpc) is 3.24. The molecule has 0 spiro atoms. The molecule has 3 rings (SSSR count). The number of halogens is 2. The topological polar surface area (TPSA) is 74.5 Å². The number of nitrogens with one attached hydrogen (secondary N) is 2. The Balaban J connectivity index is 0.00000300. The molecule has 0 radical (unpaired) electrons. The molecule has 29 heavy (non-hydrogen) atoms. The summed E-state index contributed by atoms with van der Waals surface area (Å²) in [6, 6.07) is 5.18. The molecule has 2 aromatic rings. The number of amides is 1. The summed E-state index contributed by atoms with van der Waals surface area (Å²) in [6.45, 7) is 2.20. The normalized spacial score (nSPS) is 15.0. The molecule has 1 aliphatic heterocycles. The smallest absolute Gasteiger partial charge is 0.220 e. The Hall–Kier alpha value is -2.17. The fraction of sp³-hybridized carbons (Fsp3) is 0.450. The Labute approximate surface area is 187 Å². The zero-order valence-corrected chi connectivity index (χ0v) is 19.1. The molecule has 0 unspecified atom stereocenters. The molecule has 158 valence electrons. The van der Waals surface area contributed by atoms with E-state index in [1.165, 1.54) is 6.07 Å². The van der Waals surface area contributed by atoms with Crippen LogP contribution in [0.15, 0.2) is 41.9 Å². The first kappa shape index (κ1) is 23.1. The minimum atomic E-state index is -0.290. The summed E-state index contributed by atoms with van der Waals surface area (Å²) in [6.07, 6.45) is 7.41. The highest BCUT2D eigenvalue weighted by atomic mass is 127. The number of carbonyl (C=O) groups excluding carboxylic acids is 1. The van der Waals surface area contributed by atoms with Gasteiger partial charge in [-0.15, -0.1) is 24.0 Å². The number of nitrogens with zero attached hydrogens (tertiary/aromatic N) is 4. The maximum Gasteiger partial charge on any atom is 0.220 e. The fourth-order valence-electron chi connectivity index (χ4n) is 3.50. The van der Waals surface area contributed by atoms with Gasteiger partial charge in [-0.05, 0) is 36.5 Å². The van der Waals surface area contributed by atoms with Gasteiger partial charge in [0.25, 0.3) is 0 Å². The Bertz CT molecular complexity index is 818. The fourth-order valence-corrected chi connectivity index (χ4v) is 3.50. The van der Waals surface area contributed by atoms with Crippen LogP contribution in [0, 0.1) is 11.7 Å². The number of carbonyl (C=O) groups is 1. The molecule has 1 aliphatic rings. The summed E-state index contributed by atoms with van der Waals surface area (Å²) in [5.74, 6) is 1.03. The third kappa shape index (κ3) is 6.15. The van der Waals surface area contributed by atoms with Crippen molar-refractivity contribution in [3.8, 4) is 5.69 Å². The second-order valence-electron chi connectivity index (χ2n) is 6.96. The van der Waals surface area contributed by atoms with Crippen molar-refractivity contribution in [2.75, 3.05) is 27.2 Å². The van der Waals surface area contributed by atoms with E-state index >= 15 is 0 Å². The van der Waals surface area contributed by atoms with Gasteiger partial charge in [-0.2, -0.15) is 0 Å². The summed E-state index contributed by atoms with van der Waals surface area (Å²) in [5, 5.41) is 6.00. The van der Waals surface area contributed by atoms with Crippen LogP contribution in [0.3, 0.4) is 0 Å². The summed E-state index contributed by atoms with van der Waals surface area (Å²) in [4.78, 5) is 22.0. The van der Waals surface area contributed by atoms with Crippen LogP contribution in [-0.4, -0.2) is 53.5 Å². The Morgan fingerprint density at radius 1 is 1.34 bits per heavy atom. The number of benzene rings is 1. The van der Waals surface area contributed by atoms with Crippen LogP contribution >= 0.6 is 24.0 Å². The van der Waals surface area contributed by atoms with Crippen molar-refractivity contribution in [3.05, 3.63) is 48.3 Å². The summed E-state index contributed by atoms with van der Waals surface area (Å²) >= 11 is 0.